The van der Waals surface area contributed by atoms with Crippen LogP contribution in [0.3, 0.4) is 0 Å². The van der Waals surface area contributed by atoms with Gasteiger partial charge in [-0.15, -0.1) is 0 Å². The normalized spacial score (nSPS) is 12.6. The molecule has 1 amide bonds. The number of hydrogen-bond donors (Lipinski definition) is 1. The monoisotopic (exact) mass is 380 g/mol. The van der Waals surface area contributed by atoms with E-state index in [1.165, 1.54) is 0 Å². The van der Waals surface area contributed by atoms with Crippen LogP contribution in [0.25, 0.3) is 10.8 Å². The van der Waals surface area contributed by atoms with Crippen LogP contribution < -0.4 is 25.1 Å². The maximum atomic E-state index is 12.4. The summed E-state index contributed by atoms with van der Waals surface area (Å²) in [7, 11) is 0. The molecule has 7 nitrogen and oxygen atoms in total. The molecule has 2 heterocycles. The van der Waals surface area contributed by atoms with Crippen molar-refractivity contribution in [2.24, 2.45) is 0 Å². The highest BCUT2D eigenvalue weighted by Gasteiger charge is 2.13. The Morgan fingerprint density at radius 1 is 1.11 bits per heavy atom. The van der Waals surface area contributed by atoms with Gasteiger partial charge in [0.05, 0.1) is 5.39 Å². The average molecular weight is 380 g/mol. The van der Waals surface area contributed by atoms with E-state index in [9.17, 15) is 9.59 Å². The third-order valence-corrected chi connectivity index (χ3v) is 4.50. The number of hydrogen-bond acceptors (Lipinski definition) is 5. The molecule has 7 heteroatoms. The standard InChI is InChI=1S/C21H20N2O5/c1-2-23-9-8-15-16(21(23)25)4-3-5-17(15)28-13-20(24)22-14-6-7-18-19(12-14)27-11-10-26-18/h3-9,12H,2,10-11,13H2,1H3,(H,22,24). The van der Waals surface area contributed by atoms with Gasteiger partial charge in [0.1, 0.15) is 19.0 Å². The number of pyridine rings is 1. The molecular weight excluding hydrogens is 360 g/mol. The minimum atomic E-state index is -0.310. The molecule has 1 aliphatic heterocycles. The maximum absolute atomic E-state index is 12.4. The van der Waals surface area contributed by atoms with Gasteiger partial charge in [-0.05, 0) is 37.3 Å². The van der Waals surface area contributed by atoms with Crippen LogP contribution in [0.2, 0.25) is 0 Å². The fraction of sp³-hybridized carbons (Fsp3) is 0.238. The molecule has 0 unspecified atom stereocenters. The Hall–Kier alpha value is -3.48. The predicted octanol–water partition coefficient (Wildman–Crippen LogP) is 2.81. The van der Waals surface area contributed by atoms with E-state index in [4.69, 9.17) is 14.2 Å². The second-order valence-electron chi connectivity index (χ2n) is 6.32. The molecule has 0 fully saturated rings. The molecule has 144 valence electrons. The summed E-state index contributed by atoms with van der Waals surface area (Å²) in [5.74, 6) is 1.45. The largest absolute Gasteiger partial charge is 0.486 e. The highest BCUT2D eigenvalue weighted by molar-refractivity contribution is 5.93. The van der Waals surface area contributed by atoms with Crippen molar-refractivity contribution in [2.45, 2.75) is 13.5 Å². The summed E-state index contributed by atoms with van der Waals surface area (Å²) < 4.78 is 18.3. The molecule has 2 aromatic carbocycles. The SMILES string of the molecule is CCn1ccc2c(OCC(=O)Nc3ccc4c(c3)OCCO4)cccc2c1=O. The molecule has 1 aliphatic rings. The van der Waals surface area contributed by atoms with Crippen LogP contribution in [0.1, 0.15) is 6.92 Å². The van der Waals surface area contributed by atoms with Crippen molar-refractivity contribution < 1.29 is 19.0 Å². The average Bonchev–Trinajstić information content (AvgIpc) is 2.72. The van der Waals surface area contributed by atoms with Gasteiger partial charge in [-0.3, -0.25) is 9.59 Å². The van der Waals surface area contributed by atoms with Gasteiger partial charge in [-0.2, -0.15) is 0 Å². The van der Waals surface area contributed by atoms with Crippen molar-refractivity contribution in [3.63, 3.8) is 0 Å². The lowest BCUT2D eigenvalue weighted by Gasteiger charge is -2.19. The maximum Gasteiger partial charge on any atom is 0.262 e. The minimum absolute atomic E-state index is 0.0776. The number of carbonyl (C=O) groups excluding carboxylic acids is 1. The van der Waals surface area contributed by atoms with Gasteiger partial charge >= 0.3 is 0 Å². The van der Waals surface area contributed by atoms with Crippen molar-refractivity contribution in [2.75, 3.05) is 25.1 Å². The molecule has 3 aromatic rings. The molecule has 1 N–H and O–H groups in total. The molecule has 28 heavy (non-hydrogen) atoms. The van der Waals surface area contributed by atoms with Crippen LogP contribution in [0.15, 0.2) is 53.5 Å². The highest BCUT2D eigenvalue weighted by Crippen LogP contribution is 2.32. The summed E-state index contributed by atoms with van der Waals surface area (Å²) in [5.41, 5.74) is 0.521. The van der Waals surface area contributed by atoms with Gasteiger partial charge in [-0.25, -0.2) is 0 Å². The minimum Gasteiger partial charge on any atom is -0.486 e. The van der Waals surface area contributed by atoms with Crippen LogP contribution in [-0.4, -0.2) is 30.3 Å². The van der Waals surface area contributed by atoms with E-state index in [-0.39, 0.29) is 18.1 Å². The Morgan fingerprint density at radius 3 is 2.75 bits per heavy atom. The summed E-state index contributed by atoms with van der Waals surface area (Å²) >= 11 is 0. The Morgan fingerprint density at radius 2 is 1.93 bits per heavy atom. The van der Waals surface area contributed by atoms with E-state index in [2.05, 4.69) is 5.32 Å². The molecule has 0 aliphatic carbocycles. The second kappa shape index (κ2) is 7.64. The molecule has 0 bridgehead atoms. The van der Waals surface area contributed by atoms with Crippen molar-refractivity contribution in [1.82, 2.24) is 4.57 Å². The van der Waals surface area contributed by atoms with Crippen molar-refractivity contribution in [3.8, 4) is 17.2 Å². The first-order valence-corrected chi connectivity index (χ1v) is 9.10. The van der Waals surface area contributed by atoms with Crippen LogP contribution in [-0.2, 0) is 11.3 Å². The lowest BCUT2D eigenvalue weighted by Crippen LogP contribution is -2.21. The zero-order valence-electron chi connectivity index (χ0n) is 15.4. The van der Waals surface area contributed by atoms with Gasteiger partial charge < -0.3 is 24.1 Å². The fourth-order valence-electron chi connectivity index (χ4n) is 3.13. The summed E-state index contributed by atoms with van der Waals surface area (Å²) in [6, 6.07) is 12.3. The number of nitrogens with one attached hydrogen (secondary N) is 1. The zero-order chi connectivity index (χ0) is 19.5. The van der Waals surface area contributed by atoms with Gasteiger partial charge in [0, 0.05) is 29.9 Å². The Kier molecular flexibility index (Phi) is 4.89. The van der Waals surface area contributed by atoms with Crippen LogP contribution in [0.4, 0.5) is 5.69 Å². The van der Waals surface area contributed by atoms with Gasteiger partial charge in [0.2, 0.25) is 0 Å². The summed E-state index contributed by atoms with van der Waals surface area (Å²) in [4.78, 5) is 24.7. The highest BCUT2D eigenvalue weighted by atomic mass is 16.6. The predicted molar refractivity (Wildman–Crippen MR) is 105 cm³/mol. The molecule has 0 radical (unpaired) electrons. The van der Waals surface area contributed by atoms with Crippen molar-refractivity contribution in [3.05, 3.63) is 59.0 Å². The number of aromatic nitrogens is 1. The number of ether oxygens (including phenoxy) is 3. The summed E-state index contributed by atoms with van der Waals surface area (Å²) in [6.07, 6.45) is 1.73. The van der Waals surface area contributed by atoms with Gasteiger partial charge in [0.15, 0.2) is 18.1 Å². The molecular formula is C21H20N2O5. The third-order valence-electron chi connectivity index (χ3n) is 4.50. The number of aryl methyl sites for hydroxylation is 1. The first-order valence-electron chi connectivity index (χ1n) is 9.10. The number of rotatable bonds is 5. The number of nitrogens with zero attached hydrogens (tertiary/aromatic N) is 1. The number of fused-ring (bicyclic) bond motifs is 2. The first kappa shape index (κ1) is 17.9. The van der Waals surface area contributed by atoms with E-state index in [0.717, 1.165) is 0 Å². The van der Waals surface area contributed by atoms with E-state index in [1.54, 1.807) is 47.2 Å². The van der Waals surface area contributed by atoms with Crippen LogP contribution in [0, 0.1) is 0 Å². The lowest BCUT2D eigenvalue weighted by molar-refractivity contribution is -0.118. The van der Waals surface area contributed by atoms with Gasteiger partial charge in [0.25, 0.3) is 11.5 Å². The molecule has 0 spiro atoms. The molecule has 4 rings (SSSR count). The first-order chi connectivity index (χ1) is 13.7. The zero-order valence-corrected chi connectivity index (χ0v) is 15.4. The third kappa shape index (κ3) is 3.51. The Balaban J connectivity index is 1.46. The fourth-order valence-corrected chi connectivity index (χ4v) is 3.13. The van der Waals surface area contributed by atoms with E-state index >= 15 is 0 Å². The molecule has 0 saturated carbocycles. The second-order valence-corrected chi connectivity index (χ2v) is 6.32. The van der Waals surface area contributed by atoms with E-state index in [1.807, 2.05) is 13.0 Å². The van der Waals surface area contributed by atoms with E-state index < -0.39 is 0 Å². The number of carbonyl (C=O) groups is 1. The van der Waals surface area contributed by atoms with Crippen molar-refractivity contribution >= 4 is 22.4 Å². The Labute approximate surface area is 161 Å². The van der Waals surface area contributed by atoms with Gasteiger partial charge in [-0.1, -0.05) is 6.07 Å². The molecule has 1 aromatic heterocycles. The van der Waals surface area contributed by atoms with Crippen LogP contribution in [0.5, 0.6) is 17.2 Å². The molecule has 0 saturated heterocycles. The topological polar surface area (TPSA) is 78.8 Å². The number of benzene rings is 2. The van der Waals surface area contributed by atoms with Crippen molar-refractivity contribution in [1.29, 1.82) is 0 Å². The number of amides is 1. The van der Waals surface area contributed by atoms with Crippen LogP contribution >= 0.6 is 0 Å². The van der Waals surface area contributed by atoms with E-state index in [0.29, 0.717) is 53.5 Å². The number of anilines is 1. The Bertz CT molecular complexity index is 1090. The smallest absolute Gasteiger partial charge is 0.262 e. The summed E-state index contributed by atoms with van der Waals surface area (Å²) in [6.45, 7) is 3.33. The lowest BCUT2D eigenvalue weighted by atomic mass is 10.1. The molecule has 0 atom stereocenters. The quantitative estimate of drug-likeness (QED) is 0.736. The summed E-state index contributed by atoms with van der Waals surface area (Å²) in [5, 5.41) is 4.02.